The minimum absolute atomic E-state index is 0.275. The number of nitrogens with zero attached hydrogens (tertiary/aromatic N) is 1. The lowest BCUT2D eigenvalue weighted by Gasteiger charge is -2.01. The van der Waals surface area contributed by atoms with Gasteiger partial charge in [0, 0.05) is 23.9 Å². The van der Waals surface area contributed by atoms with Crippen molar-refractivity contribution < 1.29 is 12.9 Å². The summed E-state index contributed by atoms with van der Waals surface area (Å²) < 4.78 is 27.9. The minimum atomic E-state index is -3.18. The molecule has 0 saturated heterocycles. The van der Waals surface area contributed by atoms with Gasteiger partial charge in [-0.05, 0) is 31.2 Å². The van der Waals surface area contributed by atoms with E-state index in [9.17, 15) is 8.42 Å². The summed E-state index contributed by atoms with van der Waals surface area (Å²) in [6.45, 7) is 2.15. The summed E-state index contributed by atoms with van der Waals surface area (Å²) in [5, 5.41) is 3.86. The summed E-state index contributed by atoms with van der Waals surface area (Å²) in [6, 6.07) is 6.47. The molecule has 1 aromatic heterocycles. The van der Waals surface area contributed by atoms with Crippen LogP contribution >= 0.6 is 0 Å². The first-order valence-electron chi connectivity index (χ1n) is 5.39. The summed E-state index contributed by atoms with van der Waals surface area (Å²) in [7, 11) is -3.18. The third kappa shape index (κ3) is 2.30. The lowest BCUT2D eigenvalue weighted by molar-refractivity contribution is 0.426. The van der Waals surface area contributed by atoms with Crippen LogP contribution in [0.2, 0.25) is 0 Å². The second-order valence-electron chi connectivity index (χ2n) is 4.08. The molecule has 0 aliphatic rings. The predicted molar refractivity (Wildman–Crippen MR) is 67.7 cm³/mol. The second kappa shape index (κ2) is 4.55. The molecule has 2 rings (SSSR count). The number of nitrogens with two attached hydrogens (primary N) is 1. The van der Waals surface area contributed by atoms with Crippen molar-refractivity contribution in [2.24, 2.45) is 5.73 Å². The van der Waals surface area contributed by atoms with Crippen molar-refractivity contribution >= 4 is 9.84 Å². The molecule has 0 spiro atoms. The standard InChI is InChI=1S/C12H14N2O3S/c1-8-11(7-13)12(17-14-8)9-3-5-10(6-4-9)18(2,15)16/h3-6H,7,13H2,1-2H3. The Balaban J connectivity index is 2.47. The molecule has 1 aromatic carbocycles. The summed E-state index contributed by atoms with van der Waals surface area (Å²) in [4.78, 5) is 0.275. The van der Waals surface area contributed by atoms with Crippen molar-refractivity contribution in [2.45, 2.75) is 18.4 Å². The van der Waals surface area contributed by atoms with Crippen LogP contribution in [0.25, 0.3) is 11.3 Å². The largest absolute Gasteiger partial charge is 0.356 e. The molecule has 5 nitrogen and oxygen atoms in total. The molecule has 6 heteroatoms. The number of aromatic nitrogens is 1. The average molecular weight is 266 g/mol. The number of hydrogen-bond donors (Lipinski definition) is 1. The van der Waals surface area contributed by atoms with E-state index in [2.05, 4.69) is 5.16 Å². The zero-order chi connectivity index (χ0) is 13.3. The van der Waals surface area contributed by atoms with Crippen molar-refractivity contribution in [3.63, 3.8) is 0 Å². The molecule has 2 aromatic rings. The van der Waals surface area contributed by atoms with E-state index in [1.54, 1.807) is 24.3 Å². The van der Waals surface area contributed by atoms with Gasteiger partial charge in [0.15, 0.2) is 15.6 Å². The molecule has 1 heterocycles. The van der Waals surface area contributed by atoms with Gasteiger partial charge in [-0.1, -0.05) is 5.16 Å². The Morgan fingerprint density at radius 2 is 1.89 bits per heavy atom. The molecule has 0 saturated carbocycles. The maximum atomic E-state index is 11.4. The quantitative estimate of drug-likeness (QED) is 0.910. The molecule has 0 radical (unpaired) electrons. The fourth-order valence-electron chi connectivity index (χ4n) is 1.71. The molecule has 96 valence electrons. The number of sulfone groups is 1. The first-order chi connectivity index (χ1) is 8.43. The van der Waals surface area contributed by atoms with Gasteiger partial charge in [-0.3, -0.25) is 0 Å². The molecule has 2 N–H and O–H groups in total. The van der Waals surface area contributed by atoms with Gasteiger partial charge < -0.3 is 10.3 Å². The van der Waals surface area contributed by atoms with Crippen LogP contribution in [0.15, 0.2) is 33.7 Å². The highest BCUT2D eigenvalue weighted by atomic mass is 32.2. The lowest BCUT2D eigenvalue weighted by atomic mass is 10.1. The van der Waals surface area contributed by atoms with Gasteiger partial charge in [0.2, 0.25) is 0 Å². The van der Waals surface area contributed by atoms with Gasteiger partial charge in [0.1, 0.15) is 0 Å². The van der Waals surface area contributed by atoms with E-state index in [1.165, 1.54) is 6.26 Å². The van der Waals surface area contributed by atoms with E-state index < -0.39 is 9.84 Å². The molecule has 0 aliphatic heterocycles. The van der Waals surface area contributed by atoms with Gasteiger partial charge in [-0.2, -0.15) is 0 Å². The maximum absolute atomic E-state index is 11.4. The van der Waals surface area contributed by atoms with Crippen LogP contribution < -0.4 is 5.73 Å². The molecule has 0 amide bonds. The predicted octanol–water partition coefficient (Wildman–Crippen LogP) is 1.51. The van der Waals surface area contributed by atoms with E-state index in [0.717, 1.165) is 16.8 Å². The first-order valence-corrected chi connectivity index (χ1v) is 7.28. The molecule has 0 unspecified atom stereocenters. The van der Waals surface area contributed by atoms with E-state index in [0.29, 0.717) is 12.3 Å². The van der Waals surface area contributed by atoms with Gasteiger partial charge in [-0.15, -0.1) is 0 Å². The fraction of sp³-hybridized carbons (Fsp3) is 0.250. The first kappa shape index (κ1) is 12.8. The van der Waals surface area contributed by atoms with E-state index in [-0.39, 0.29) is 4.90 Å². The van der Waals surface area contributed by atoms with Crippen LogP contribution in [-0.2, 0) is 16.4 Å². The Hall–Kier alpha value is -1.66. The average Bonchev–Trinajstić information content (AvgIpc) is 2.69. The van der Waals surface area contributed by atoms with Crippen LogP contribution in [0.1, 0.15) is 11.3 Å². The Morgan fingerprint density at radius 3 is 2.39 bits per heavy atom. The van der Waals surface area contributed by atoms with Gasteiger partial charge in [0.05, 0.1) is 10.6 Å². The number of benzene rings is 1. The lowest BCUT2D eigenvalue weighted by Crippen LogP contribution is -1.99. The van der Waals surface area contributed by atoms with Crippen LogP contribution in [0.4, 0.5) is 0 Å². The van der Waals surface area contributed by atoms with Crippen molar-refractivity contribution in [3.8, 4) is 11.3 Å². The van der Waals surface area contributed by atoms with Crippen molar-refractivity contribution in [1.29, 1.82) is 0 Å². The second-order valence-corrected chi connectivity index (χ2v) is 6.09. The summed E-state index contributed by atoms with van der Waals surface area (Å²) in [5.41, 5.74) is 7.99. The summed E-state index contributed by atoms with van der Waals surface area (Å²) >= 11 is 0. The topological polar surface area (TPSA) is 86.2 Å². The van der Waals surface area contributed by atoms with Crippen molar-refractivity contribution in [3.05, 3.63) is 35.5 Å². The molecular formula is C12H14N2O3S. The van der Waals surface area contributed by atoms with E-state index in [1.807, 2.05) is 6.92 Å². The maximum Gasteiger partial charge on any atom is 0.175 e. The smallest absolute Gasteiger partial charge is 0.175 e. The molecule has 18 heavy (non-hydrogen) atoms. The van der Waals surface area contributed by atoms with Crippen LogP contribution in [-0.4, -0.2) is 19.8 Å². The van der Waals surface area contributed by atoms with Crippen LogP contribution in [0, 0.1) is 6.92 Å². The Morgan fingerprint density at radius 1 is 1.28 bits per heavy atom. The zero-order valence-corrected chi connectivity index (χ0v) is 11.0. The molecule has 0 fully saturated rings. The highest BCUT2D eigenvalue weighted by molar-refractivity contribution is 7.90. The molecule has 0 atom stereocenters. The Kier molecular flexibility index (Phi) is 3.23. The third-order valence-electron chi connectivity index (χ3n) is 2.73. The zero-order valence-electron chi connectivity index (χ0n) is 10.2. The molecule has 0 bridgehead atoms. The summed E-state index contributed by atoms with van der Waals surface area (Å²) in [6.07, 6.45) is 1.17. The third-order valence-corrected chi connectivity index (χ3v) is 3.86. The Labute approximate surface area is 106 Å². The van der Waals surface area contributed by atoms with Gasteiger partial charge in [-0.25, -0.2) is 8.42 Å². The highest BCUT2D eigenvalue weighted by Crippen LogP contribution is 2.26. The molecule has 0 aliphatic carbocycles. The van der Waals surface area contributed by atoms with Crippen molar-refractivity contribution in [2.75, 3.05) is 6.26 Å². The highest BCUT2D eigenvalue weighted by Gasteiger charge is 2.14. The number of rotatable bonds is 3. The van der Waals surface area contributed by atoms with Crippen LogP contribution in [0.5, 0.6) is 0 Å². The fourth-order valence-corrected chi connectivity index (χ4v) is 2.34. The van der Waals surface area contributed by atoms with E-state index in [4.69, 9.17) is 10.3 Å². The van der Waals surface area contributed by atoms with Gasteiger partial charge >= 0.3 is 0 Å². The Bertz CT molecular complexity index is 657. The normalized spacial score (nSPS) is 11.7. The van der Waals surface area contributed by atoms with E-state index >= 15 is 0 Å². The minimum Gasteiger partial charge on any atom is -0.356 e. The van der Waals surface area contributed by atoms with Gasteiger partial charge in [0.25, 0.3) is 0 Å². The van der Waals surface area contributed by atoms with Crippen molar-refractivity contribution in [1.82, 2.24) is 5.16 Å². The number of aryl methyl sites for hydroxylation is 1. The summed E-state index contributed by atoms with van der Waals surface area (Å²) in [5.74, 6) is 0.593. The molecular weight excluding hydrogens is 252 g/mol. The SMILES string of the molecule is Cc1noc(-c2ccc(S(C)(=O)=O)cc2)c1CN. The van der Waals surface area contributed by atoms with Crippen LogP contribution in [0.3, 0.4) is 0 Å². The monoisotopic (exact) mass is 266 g/mol. The number of hydrogen-bond acceptors (Lipinski definition) is 5.